The second-order valence-corrected chi connectivity index (χ2v) is 6.64. The maximum Gasteiger partial charge on any atom is 0.319 e. The highest BCUT2D eigenvalue weighted by molar-refractivity contribution is 5.91. The minimum atomic E-state index is -0.614. The van der Waals surface area contributed by atoms with Crippen LogP contribution < -0.4 is 10.6 Å². The van der Waals surface area contributed by atoms with Crippen LogP contribution in [0.1, 0.15) is 26.5 Å². The molecule has 1 aromatic carbocycles. The summed E-state index contributed by atoms with van der Waals surface area (Å²) in [6, 6.07) is 8.97. The molecule has 3 N–H and O–H groups in total. The number of benzene rings is 1. The summed E-state index contributed by atoms with van der Waals surface area (Å²) in [5, 5.41) is 19.8. The van der Waals surface area contributed by atoms with Crippen molar-refractivity contribution in [3.63, 3.8) is 0 Å². The number of rotatable bonds is 4. The molecule has 1 unspecified atom stereocenters. The lowest BCUT2D eigenvalue weighted by molar-refractivity contribution is 0.0654. The smallest absolute Gasteiger partial charge is 0.319 e. The molecule has 0 radical (unpaired) electrons. The lowest BCUT2D eigenvalue weighted by atomic mass is 9.89. The number of aliphatic hydroxyl groups excluding tert-OH is 1. The third-order valence-corrected chi connectivity index (χ3v) is 3.58. The minimum absolute atomic E-state index is 0.193. The highest BCUT2D eigenvalue weighted by Gasteiger charge is 2.22. The van der Waals surface area contributed by atoms with E-state index in [1.807, 2.05) is 64.2 Å². The van der Waals surface area contributed by atoms with Gasteiger partial charge in [0.05, 0.1) is 23.2 Å². The van der Waals surface area contributed by atoms with Gasteiger partial charge in [0.25, 0.3) is 0 Å². The zero-order valence-corrected chi connectivity index (χ0v) is 14.0. The quantitative estimate of drug-likeness (QED) is 0.811. The largest absolute Gasteiger partial charge is 0.391 e. The van der Waals surface area contributed by atoms with Gasteiger partial charge in [-0.1, -0.05) is 32.9 Å². The molecule has 124 valence electrons. The van der Waals surface area contributed by atoms with E-state index in [0.717, 1.165) is 11.4 Å². The first-order valence-electron chi connectivity index (χ1n) is 7.62. The van der Waals surface area contributed by atoms with Gasteiger partial charge < -0.3 is 15.7 Å². The summed E-state index contributed by atoms with van der Waals surface area (Å²) >= 11 is 0. The van der Waals surface area contributed by atoms with Gasteiger partial charge in [0.15, 0.2) is 0 Å². The maximum absolute atomic E-state index is 12.1. The molecule has 1 aromatic heterocycles. The van der Waals surface area contributed by atoms with E-state index in [1.54, 1.807) is 4.68 Å². The minimum Gasteiger partial charge on any atom is -0.391 e. The number of nitrogens with one attached hydrogen (secondary N) is 2. The highest BCUT2D eigenvalue weighted by Crippen LogP contribution is 2.20. The molecule has 0 aliphatic rings. The van der Waals surface area contributed by atoms with Gasteiger partial charge in [-0.05, 0) is 30.5 Å². The third kappa shape index (κ3) is 4.56. The standard InChI is InChI=1S/C17H24N4O2/c1-12-9-10-21(20-12)14-8-6-5-7-13(14)19-16(23)18-11-15(22)17(2,3)4/h5-10,15,22H,11H2,1-4H3,(H2,18,19,23). The molecule has 0 bridgehead atoms. The highest BCUT2D eigenvalue weighted by atomic mass is 16.3. The van der Waals surface area contributed by atoms with Crippen LogP contribution in [0.2, 0.25) is 0 Å². The lowest BCUT2D eigenvalue weighted by Gasteiger charge is -2.26. The summed E-state index contributed by atoms with van der Waals surface area (Å²) in [6.07, 6.45) is 1.23. The molecule has 1 heterocycles. The fourth-order valence-electron chi connectivity index (χ4n) is 1.99. The number of anilines is 1. The monoisotopic (exact) mass is 316 g/mol. The Balaban J connectivity index is 2.05. The fraction of sp³-hybridized carbons (Fsp3) is 0.412. The van der Waals surface area contributed by atoms with Crippen LogP contribution >= 0.6 is 0 Å². The van der Waals surface area contributed by atoms with E-state index in [4.69, 9.17) is 0 Å². The van der Waals surface area contributed by atoms with Crippen molar-refractivity contribution >= 4 is 11.7 Å². The van der Waals surface area contributed by atoms with Crippen molar-refractivity contribution in [3.05, 3.63) is 42.2 Å². The number of aryl methyl sites for hydroxylation is 1. The topological polar surface area (TPSA) is 79.2 Å². The van der Waals surface area contributed by atoms with Gasteiger partial charge in [-0.2, -0.15) is 5.10 Å². The molecule has 0 fully saturated rings. The van der Waals surface area contributed by atoms with Crippen molar-refractivity contribution in [1.82, 2.24) is 15.1 Å². The molecule has 0 saturated heterocycles. The third-order valence-electron chi connectivity index (χ3n) is 3.58. The summed E-state index contributed by atoms with van der Waals surface area (Å²) < 4.78 is 1.72. The van der Waals surface area contributed by atoms with Crippen molar-refractivity contribution in [2.75, 3.05) is 11.9 Å². The summed E-state index contributed by atoms with van der Waals surface area (Å²) in [5.74, 6) is 0. The van der Waals surface area contributed by atoms with Crippen LogP contribution in [0.4, 0.5) is 10.5 Å². The predicted molar refractivity (Wildman–Crippen MR) is 90.8 cm³/mol. The van der Waals surface area contributed by atoms with Crippen LogP contribution in [-0.2, 0) is 0 Å². The van der Waals surface area contributed by atoms with Crippen LogP contribution in [-0.4, -0.2) is 33.6 Å². The molecule has 1 atom stereocenters. The van der Waals surface area contributed by atoms with E-state index in [-0.39, 0.29) is 18.0 Å². The van der Waals surface area contributed by atoms with Crippen LogP contribution in [0.25, 0.3) is 5.69 Å². The molecule has 2 amide bonds. The maximum atomic E-state index is 12.1. The Morgan fingerprint density at radius 2 is 2.00 bits per heavy atom. The number of para-hydroxylation sites is 2. The predicted octanol–water partition coefficient (Wildman–Crippen LogP) is 2.71. The first-order valence-corrected chi connectivity index (χ1v) is 7.62. The molecule has 0 aliphatic carbocycles. The van der Waals surface area contributed by atoms with Crippen LogP contribution in [0, 0.1) is 12.3 Å². The second kappa shape index (κ2) is 6.83. The van der Waals surface area contributed by atoms with E-state index >= 15 is 0 Å². The molecule has 0 aliphatic heterocycles. The molecule has 6 heteroatoms. The van der Waals surface area contributed by atoms with Crippen molar-refractivity contribution in [2.45, 2.75) is 33.8 Å². The van der Waals surface area contributed by atoms with Gasteiger partial charge in [0.1, 0.15) is 0 Å². The normalized spacial score (nSPS) is 12.7. The zero-order chi connectivity index (χ0) is 17.0. The summed E-state index contributed by atoms with van der Waals surface area (Å²) in [4.78, 5) is 12.1. The van der Waals surface area contributed by atoms with Crippen molar-refractivity contribution in [1.29, 1.82) is 0 Å². The molecule has 6 nitrogen and oxygen atoms in total. The molecule has 0 saturated carbocycles. The number of aromatic nitrogens is 2. The Labute approximate surface area is 136 Å². The SMILES string of the molecule is Cc1ccn(-c2ccccc2NC(=O)NCC(O)C(C)(C)C)n1. The van der Waals surface area contributed by atoms with E-state index in [9.17, 15) is 9.90 Å². The molecular weight excluding hydrogens is 292 g/mol. The number of aliphatic hydroxyl groups is 1. The van der Waals surface area contributed by atoms with Crippen molar-refractivity contribution in [2.24, 2.45) is 5.41 Å². The van der Waals surface area contributed by atoms with E-state index < -0.39 is 6.10 Å². The van der Waals surface area contributed by atoms with Crippen LogP contribution in [0.15, 0.2) is 36.5 Å². The van der Waals surface area contributed by atoms with Gasteiger partial charge in [-0.15, -0.1) is 0 Å². The Morgan fingerprint density at radius 3 is 2.61 bits per heavy atom. The van der Waals surface area contributed by atoms with Crippen molar-refractivity contribution in [3.8, 4) is 5.69 Å². The van der Waals surface area contributed by atoms with Gasteiger partial charge in [-0.3, -0.25) is 0 Å². The van der Waals surface area contributed by atoms with E-state index in [1.165, 1.54) is 0 Å². The van der Waals surface area contributed by atoms with Gasteiger partial charge in [0.2, 0.25) is 0 Å². The Morgan fingerprint density at radius 1 is 1.30 bits per heavy atom. The van der Waals surface area contributed by atoms with Crippen LogP contribution in [0.5, 0.6) is 0 Å². The fourth-order valence-corrected chi connectivity index (χ4v) is 1.99. The van der Waals surface area contributed by atoms with Crippen LogP contribution in [0.3, 0.4) is 0 Å². The first-order chi connectivity index (χ1) is 10.8. The van der Waals surface area contributed by atoms with Gasteiger partial charge in [-0.25, -0.2) is 9.48 Å². The van der Waals surface area contributed by atoms with Gasteiger partial charge >= 0.3 is 6.03 Å². The first kappa shape index (κ1) is 17.0. The number of hydrogen-bond donors (Lipinski definition) is 3. The average Bonchev–Trinajstić information content (AvgIpc) is 2.90. The number of amides is 2. The lowest BCUT2D eigenvalue weighted by Crippen LogP contribution is -2.41. The number of urea groups is 1. The molecule has 23 heavy (non-hydrogen) atoms. The second-order valence-electron chi connectivity index (χ2n) is 6.64. The van der Waals surface area contributed by atoms with Gasteiger partial charge in [0, 0.05) is 12.7 Å². The zero-order valence-electron chi connectivity index (χ0n) is 14.0. The number of carbonyl (C=O) groups is 1. The number of carbonyl (C=O) groups excluding carboxylic acids is 1. The number of nitrogens with zero attached hydrogens (tertiary/aromatic N) is 2. The van der Waals surface area contributed by atoms with Crippen molar-refractivity contribution < 1.29 is 9.90 Å². The summed E-state index contributed by atoms with van der Waals surface area (Å²) in [5.41, 5.74) is 2.06. The van der Waals surface area contributed by atoms with E-state index in [0.29, 0.717) is 5.69 Å². The Hall–Kier alpha value is -2.34. The Bertz CT molecular complexity index is 673. The summed E-state index contributed by atoms with van der Waals surface area (Å²) in [6.45, 7) is 7.87. The summed E-state index contributed by atoms with van der Waals surface area (Å²) in [7, 11) is 0. The van der Waals surface area contributed by atoms with E-state index in [2.05, 4.69) is 15.7 Å². The average molecular weight is 316 g/mol. The molecular formula is C17H24N4O2. The molecule has 2 aromatic rings. The number of hydrogen-bond acceptors (Lipinski definition) is 3. The molecule has 2 rings (SSSR count). The molecule has 0 spiro atoms. The Kier molecular flexibility index (Phi) is 5.05.